The van der Waals surface area contributed by atoms with Gasteiger partial charge >= 0.3 is 5.97 Å². The van der Waals surface area contributed by atoms with E-state index in [1.165, 1.54) is 4.90 Å². The van der Waals surface area contributed by atoms with Crippen molar-refractivity contribution in [2.75, 3.05) is 19.7 Å². The van der Waals surface area contributed by atoms with E-state index < -0.39 is 90.3 Å². The smallest absolute Gasteiger partial charge is 0.332 e. The number of likely N-dealkylation sites (tertiary alicyclic amines) is 1. The number of ketones is 1. The van der Waals surface area contributed by atoms with E-state index in [-0.39, 0.29) is 37.1 Å². The lowest BCUT2D eigenvalue weighted by Gasteiger charge is -2.35. The predicted octanol–water partition coefficient (Wildman–Crippen LogP) is 2.48. The van der Waals surface area contributed by atoms with Gasteiger partial charge in [0, 0.05) is 19.4 Å². The van der Waals surface area contributed by atoms with Crippen molar-refractivity contribution in [1.82, 2.24) is 26.2 Å². The van der Waals surface area contributed by atoms with Gasteiger partial charge in [-0.3, -0.25) is 33.6 Å². The third-order valence-electron chi connectivity index (χ3n) is 11.0. The Kier molecular flexibility index (Phi) is 19.4. The van der Waals surface area contributed by atoms with Crippen molar-refractivity contribution in [3.63, 3.8) is 0 Å². The number of hydrogen-bond acceptors (Lipinski definition) is 10. The Labute approximate surface area is 337 Å². The summed E-state index contributed by atoms with van der Waals surface area (Å²) >= 11 is 0. The van der Waals surface area contributed by atoms with Crippen LogP contribution in [0.4, 0.5) is 0 Å². The molecule has 3 aliphatic rings. The quantitative estimate of drug-likeness (QED) is 0.0841. The summed E-state index contributed by atoms with van der Waals surface area (Å²) in [6.07, 6.45) is 11.4. The molecule has 2 saturated carbocycles. The molecule has 16 heteroatoms. The van der Waals surface area contributed by atoms with Crippen LogP contribution in [0.5, 0.6) is 0 Å². The van der Waals surface area contributed by atoms with Crippen molar-refractivity contribution in [2.24, 2.45) is 17.6 Å². The Bertz CT molecular complexity index is 1400. The molecule has 0 aromatic carbocycles. The number of ether oxygens (including phenoxy) is 2. The molecule has 6 N–H and O–H groups in total. The molecule has 2 aliphatic carbocycles. The lowest BCUT2D eigenvalue weighted by molar-refractivity contribution is -0.162. The van der Waals surface area contributed by atoms with Crippen molar-refractivity contribution in [2.45, 2.75) is 180 Å². The number of nitrogens with one attached hydrogen (secondary N) is 4. The summed E-state index contributed by atoms with van der Waals surface area (Å²) in [5.74, 6) is -5.31. The Hall–Kier alpha value is -4.08. The SMILES string of the molecule is CCCCC(NC(=O)CNC(=O)C(=O)C(CCC)NC(=O)[C@@H]1C[C@@H](OCC(=O)OC(C)(C)C)CN1C(=O)C(NC(=O)CC1CCCCC1)C1CCCCC1)C(N)=O. The number of rotatable bonds is 21. The number of hydrogen-bond donors (Lipinski definition) is 5. The fourth-order valence-electron chi connectivity index (χ4n) is 8.05. The summed E-state index contributed by atoms with van der Waals surface area (Å²) in [6, 6.07) is -4.22. The summed E-state index contributed by atoms with van der Waals surface area (Å²) in [4.78, 5) is 107. The molecule has 0 bridgehead atoms. The van der Waals surface area contributed by atoms with E-state index in [1.807, 2.05) is 6.92 Å². The fourth-order valence-corrected chi connectivity index (χ4v) is 8.05. The normalized spacial score (nSPS) is 20.8. The summed E-state index contributed by atoms with van der Waals surface area (Å²) in [5.41, 5.74) is 4.64. The second kappa shape index (κ2) is 23.4. The summed E-state index contributed by atoms with van der Waals surface area (Å²) in [7, 11) is 0. The van der Waals surface area contributed by atoms with E-state index in [4.69, 9.17) is 15.2 Å². The summed E-state index contributed by atoms with van der Waals surface area (Å²) in [6.45, 7) is 7.83. The van der Waals surface area contributed by atoms with Gasteiger partial charge in [-0.15, -0.1) is 0 Å². The first-order chi connectivity index (χ1) is 27.0. The maximum Gasteiger partial charge on any atom is 0.332 e. The standard InChI is InChI=1S/C41H68N6O10/c1-6-8-20-30(37(42)52)44-33(49)23-43-39(54)36(51)29(15-7-2)45-38(53)31-22-28(56-25-34(50)57-41(3,4)5)24-47(31)40(55)35(27-18-13-10-14-19-27)46-32(48)21-26-16-11-9-12-17-26/h26-31,35H,6-25H2,1-5H3,(H2,42,52)(H,43,54)(H,44,49)(H,45,53)(H,46,48)/t28-,29?,30?,31+,35?/m1/s1. The molecule has 3 rings (SSSR count). The average molecular weight is 805 g/mol. The lowest BCUT2D eigenvalue weighted by Crippen LogP contribution is -2.58. The van der Waals surface area contributed by atoms with Crippen LogP contribution in [0.3, 0.4) is 0 Å². The number of primary amides is 1. The second-order valence-electron chi connectivity index (χ2n) is 17.0. The van der Waals surface area contributed by atoms with Gasteiger partial charge in [0.2, 0.25) is 35.3 Å². The lowest BCUT2D eigenvalue weighted by atomic mass is 9.82. The van der Waals surface area contributed by atoms with Crippen LogP contribution < -0.4 is 27.0 Å². The Balaban J connectivity index is 1.79. The summed E-state index contributed by atoms with van der Waals surface area (Å²) in [5, 5.41) is 10.5. The van der Waals surface area contributed by atoms with Gasteiger partial charge < -0.3 is 41.4 Å². The molecule has 0 radical (unpaired) electrons. The zero-order valence-electron chi connectivity index (χ0n) is 34.8. The van der Waals surface area contributed by atoms with E-state index in [1.54, 1.807) is 27.7 Å². The van der Waals surface area contributed by atoms with Gasteiger partial charge in [-0.1, -0.05) is 71.6 Å². The molecule has 1 saturated heterocycles. The molecule has 322 valence electrons. The molecular weight excluding hydrogens is 736 g/mol. The van der Waals surface area contributed by atoms with Gasteiger partial charge in [0.1, 0.15) is 30.3 Å². The Morgan fingerprint density at radius 3 is 2.04 bits per heavy atom. The zero-order chi connectivity index (χ0) is 42.1. The highest BCUT2D eigenvalue weighted by atomic mass is 16.6. The first kappa shape index (κ1) is 47.3. The van der Waals surface area contributed by atoms with Crippen LogP contribution in [0.15, 0.2) is 0 Å². The van der Waals surface area contributed by atoms with Gasteiger partial charge in [-0.05, 0) is 71.1 Å². The average Bonchev–Trinajstić information content (AvgIpc) is 3.60. The number of unbranched alkanes of at least 4 members (excludes halogenated alkanes) is 1. The van der Waals surface area contributed by atoms with E-state index in [0.29, 0.717) is 25.7 Å². The van der Waals surface area contributed by atoms with Crippen LogP contribution in [-0.2, 0) is 47.8 Å². The van der Waals surface area contributed by atoms with Crippen LogP contribution in [0, 0.1) is 11.8 Å². The minimum atomic E-state index is -1.28. The van der Waals surface area contributed by atoms with Crippen LogP contribution in [0.1, 0.15) is 144 Å². The molecule has 16 nitrogen and oxygen atoms in total. The summed E-state index contributed by atoms with van der Waals surface area (Å²) < 4.78 is 11.3. The van der Waals surface area contributed by atoms with Crippen molar-refractivity contribution in [3.8, 4) is 0 Å². The molecule has 0 aromatic heterocycles. The van der Waals surface area contributed by atoms with Gasteiger partial charge in [-0.2, -0.15) is 0 Å². The minimum absolute atomic E-state index is 0.00770. The zero-order valence-corrected chi connectivity index (χ0v) is 34.8. The fraction of sp³-hybridized carbons (Fsp3) is 0.805. The van der Waals surface area contributed by atoms with Crippen LogP contribution >= 0.6 is 0 Å². The number of esters is 1. The largest absolute Gasteiger partial charge is 0.458 e. The monoisotopic (exact) mass is 804 g/mol. The molecule has 3 unspecified atom stereocenters. The number of nitrogens with two attached hydrogens (primary N) is 1. The number of nitrogens with zero attached hydrogens (tertiary/aromatic N) is 1. The van der Waals surface area contributed by atoms with Gasteiger partial charge in [0.15, 0.2) is 0 Å². The minimum Gasteiger partial charge on any atom is -0.458 e. The first-order valence-corrected chi connectivity index (χ1v) is 21.2. The van der Waals surface area contributed by atoms with Crippen molar-refractivity contribution < 1.29 is 47.8 Å². The number of Topliss-reactive ketones (excluding diaryl/α,β-unsaturated/α-hetero) is 1. The highest BCUT2D eigenvalue weighted by Crippen LogP contribution is 2.31. The molecule has 0 spiro atoms. The van der Waals surface area contributed by atoms with Gasteiger partial charge in [0.25, 0.3) is 5.91 Å². The van der Waals surface area contributed by atoms with Crippen LogP contribution in [0.25, 0.3) is 0 Å². The second-order valence-corrected chi connectivity index (χ2v) is 17.0. The van der Waals surface area contributed by atoms with Gasteiger partial charge in [-0.25, -0.2) is 4.79 Å². The Morgan fingerprint density at radius 1 is 0.789 bits per heavy atom. The molecule has 6 amide bonds. The number of carbonyl (C=O) groups excluding carboxylic acids is 8. The molecule has 1 aliphatic heterocycles. The maximum absolute atomic E-state index is 14.6. The molecule has 5 atom stereocenters. The number of amides is 6. The third-order valence-corrected chi connectivity index (χ3v) is 11.0. The first-order valence-electron chi connectivity index (χ1n) is 21.2. The predicted molar refractivity (Wildman–Crippen MR) is 211 cm³/mol. The van der Waals surface area contributed by atoms with E-state index in [9.17, 15) is 38.4 Å². The highest BCUT2D eigenvalue weighted by molar-refractivity contribution is 6.38. The van der Waals surface area contributed by atoms with E-state index in [2.05, 4.69) is 21.3 Å². The van der Waals surface area contributed by atoms with E-state index >= 15 is 0 Å². The van der Waals surface area contributed by atoms with E-state index in [0.717, 1.165) is 70.6 Å². The molecule has 0 aromatic rings. The third kappa shape index (κ3) is 16.0. The van der Waals surface area contributed by atoms with Gasteiger partial charge in [0.05, 0.1) is 18.7 Å². The molecular formula is C41H68N6O10. The molecule has 1 heterocycles. The van der Waals surface area contributed by atoms with Crippen LogP contribution in [-0.4, -0.2) is 108 Å². The van der Waals surface area contributed by atoms with Crippen LogP contribution in [0.2, 0.25) is 0 Å². The Morgan fingerprint density at radius 2 is 1.44 bits per heavy atom. The van der Waals surface area contributed by atoms with Crippen molar-refractivity contribution in [3.05, 3.63) is 0 Å². The number of carbonyl (C=O) groups is 8. The molecule has 3 fully saturated rings. The highest BCUT2D eigenvalue weighted by Gasteiger charge is 2.45. The van der Waals surface area contributed by atoms with Crippen molar-refractivity contribution >= 4 is 47.2 Å². The van der Waals surface area contributed by atoms with Crippen molar-refractivity contribution in [1.29, 1.82) is 0 Å². The topological polar surface area (TPSA) is 232 Å². The molecule has 57 heavy (non-hydrogen) atoms. The maximum atomic E-state index is 14.6.